The number of aryl methyl sites for hydroxylation is 1. The maximum atomic E-state index is 12.4. The minimum atomic E-state index is -0.447. The van der Waals surface area contributed by atoms with Crippen LogP contribution in [0.3, 0.4) is 0 Å². The molecule has 1 aromatic rings. The van der Waals surface area contributed by atoms with Crippen LogP contribution in [0.15, 0.2) is 12.1 Å². The number of fused-ring (bicyclic) bond motifs is 2. The largest absolute Gasteiger partial charge is 0.490 e. The normalized spacial score (nSPS) is 20.2. The summed E-state index contributed by atoms with van der Waals surface area (Å²) in [5.74, 6) is 1.06. The van der Waals surface area contributed by atoms with Gasteiger partial charge in [0.25, 0.3) is 0 Å². The van der Waals surface area contributed by atoms with Crippen molar-refractivity contribution in [3.8, 4) is 5.75 Å². The fourth-order valence-electron chi connectivity index (χ4n) is 3.70. The van der Waals surface area contributed by atoms with Gasteiger partial charge in [0.15, 0.2) is 0 Å². The highest BCUT2D eigenvalue weighted by atomic mass is 16.6. The molecule has 0 bridgehead atoms. The fourth-order valence-corrected chi connectivity index (χ4v) is 3.70. The number of nitrogens with zero attached hydrogens (tertiary/aromatic N) is 1. The summed E-state index contributed by atoms with van der Waals surface area (Å²) in [6.07, 6.45) is 6.42. The third kappa shape index (κ3) is 4.47. The SMILES string of the molecule is CCCC1CCc2cc3c(cc2O1)CCN(C(=O)OC(C)(C)C)CC3. The van der Waals surface area contributed by atoms with E-state index < -0.39 is 5.60 Å². The fraction of sp³-hybridized carbons (Fsp3) is 0.667. The van der Waals surface area contributed by atoms with Crippen LogP contribution in [0.5, 0.6) is 5.75 Å². The molecule has 2 aliphatic heterocycles. The number of hydrogen-bond donors (Lipinski definition) is 0. The van der Waals surface area contributed by atoms with E-state index in [2.05, 4.69) is 19.1 Å². The monoisotopic (exact) mass is 345 g/mol. The van der Waals surface area contributed by atoms with E-state index in [-0.39, 0.29) is 6.09 Å². The van der Waals surface area contributed by atoms with Gasteiger partial charge in [0.1, 0.15) is 11.4 Å². The quantitative estimate of drug-likeness (QED) is 0.791. The molecule has 25 heavy (non-hydrogen) atoms. The second kappa shape index (κ2) is 7.27. The van der Waals surface area contributed by atoms with Gasteiger partial charge in [-0.1, -0.05) is 19.4 Å². The first-order valence-electron chi connectivity index (χ1n) is 9.65. The van der Waals surface area contributed by atoms with Crippen molar-refractivity contribution in [1.82, 2.24) is 4.90 Å². The number of hydrogen-bond acceptors (Lipinski definition) is 3. The lowest BCUT2D eigenvalue weighted by Crippen LogP contribution is -2.38. The zero-order chi connectivity index (χ0) is 18.0. The van der Waals surface area contributed by atoms with Gasteiger partial charge in [0, 0.05) is 13.1 Å². The first-order valence-corrected chi connectivity index (χ1v) is 9.65. The van der Waals surface area contributed by atoms with Gasteiger partial charge in [0.2, 0.25) is 0 Å². The Hall–Kier alpha value is -1.71. The molecule has 3 rings (SSSR count). The Labute approximate surface area is 151 Å². The summed E-state index contributed by atoms with van der Waals surface area (Å²) < 4.78 is 11.7. The molecule has 4 heteroatoms. The molecular weight excluding hydrogens is 314 g/mol. The lowest BCUT2D eigenvalue weighted by atomic mass is 9.93. The molecule has 0 saturated carbocycles. The zero-order valence-electron chi connectivity index (χ0n) is 16.1. The van der Waals surface area contributed by atoms with Gasteiger partial charge >= 0.3 is 6.09 Å². The first-order chi connectivity index (χ1) is 11.9. The molecule has 0 N–H and O–H groups in total. The Kier molecular flexibility index (Phi) is 5.26. The lowest BCUT2D eigenvalue weighted by molar-refractivity contribution is 0.0258. The van der Waals surface area contributed by atoms with Crippen LogP contribution >= 0.6 is 0 Å². The Morgan fingerprint density at radius 1 is 1.16 bits per heavy atom. The van der Waals surface area contributed by atoms with Crippen molar-refractivity contribution >= 4 is 6.09 Å². The maximum Gasteiger partial charge on any atom is 0.410 e. The standard InChI is InChI=1S/C21H31NO3/c1-5-6-18-8-7-17-13-15-9-11-22(20(23)25-21(2,3)4)12-10-16(15)14-19(17)24-18/h13-14,18H,5-12H2,1-4H3. The Bertz CT molecular complexity index is 633. The molecule has 0 aliphatic carbocycles. The molecule has 2 aliphatic rings. The van der Waals surface area contributed by atoms with Crippen molar-refractivity contribution in [3.63, 3.8) is 0 Å². The van der Waals surface area contributed by atoms with Gasteiger partial charge in [0.05, 0.1) is 6.10 Å². The van der Waals surface area contributed by atoms with E-state index in [1.54, 1.807) is 0 Å². The Balaban J connectivity index is 1.71. The summed E-state index contributed by atoms with van der Waals surface area (Å²) in [4.78, 5) is 14.2. The van der Waals surface area contributed by atoms with Crippen LogP contribution in [0.25, 0.3) is 0 Å². The molecule has 0 saturated heterocycles. The first kappa shape index (κ1) is 18.1. The molecule has 1 aromatic carbocycles. The highest BCUT2D eigenvalue weighted by molar-refractivity contribution is 5.68. The van der Waals surface area contributed by atoms with Crippen LogP contribution < -0.4 is 4.74 Å². The average Bonchev–Trinajstić information content (AvgIpc) is 2.73. The van der Waals surface area contributed by atoms with Crippen LogP contribution in [0.4, 0.5) is 4.79 Å². The molecule has 4 nitrogen and oxygen atoms in total. The Morgan fingerprint density at radius 3 is 2.48 bits per heavy atom. The molecule has 1 amide bonds. The smallest absolute Gasteiger partial charge is 0.410 e. The van der Waals surface area contributed by atoms with E-state index >= 15 is 0 Å². The third-order valence-electron chi connectivity index (χ3n) is 4.98. The van der Waals surface area contributed by atoms with E-state index in [9.17, 15) is 4.79 Å². The molecule has 138 valence electrons. The van der Waals surface area contributed by atoms with E-state index in [0.29, 0.717) is 12.6 Å². The van der Waals surface area contributed by atoms with Gasteiger partial charge in [-0.15, -0.1) is 0 Å². The second-order valence-corrected chi connectivity index (χ2v) is 8.26. The van der Waals surface area contributed by atoms with Crippen LogP contribution in [-0.2, 0) is 24.0 Å². The van der Waals surface area contributed by atoms with Gasteiger partial charge in [-0.3, -0.25) is 0 Å². The van der Waals surface area contributed by atoms with E-state index in [0.717, 1.165) is 50.8 Å². The minimum Gasteiger partial charge on any atom is -0.490 e. The molecule has 2 heterocycles. The summed E-state index contributed by atoms with van der Waals surface area (Å²) in [5, 5.41) is 0. The molecular formula is C21H31NO3. The zero-order valence-corrected chi connectivity index (χ0v) is 16.1. The molecule has 0 radical (unpaired) electrons. The van der Waals surface area contributed by atoms with E-state index in [4.69, 9.17) is 9.47 Å². The number of carbonyl (C=O) groups is 1. The number of ether oxygens (including phenoxy) is 2. The van der Waals surface area contributed by atoms with Crippen molar-refractivity contribution in [2.75, 3.05) is 13.1 Å². The van der Waals surface area contributed by atoms with Crippen molar-refractivity contribution in [1.29, 1.82) is 0 Å². The topological polar surface area (TPSA) is 38.8 Å². The van der Waals surface area contributed by atoms with Gasteiger partial charge in [-0.05, 0) is 75.6 Å². The summed E-state index contributed by atoms with van der Waals surface area (Å²) in [7, 11) is 0. The summed E-state index contributed by atoms with van der Waals surface area (Å²) in [6.45, 7) is 9.38. The molecule has 1 unspecified atom stereocenters. The van der Waals surface area contributed by atoms with Crippen LogP contribution in [0.1, 0.15) is 63.6 Å². The average molecular weight is 345 g/mol. The van der Waals surface area contributed by atoms with E-state index in [1.165, 1.54) is 16.7 Å². The number of benzene rings is 1. The summed E-state index contributed by atoms with van der Waals surface area (Å²) in [5.41, 5.74) is 3.57. The van der Waals surface area contributed by atoms with Crippen molar-refractivity contribution in [2.24, 2.45) is 0 Å². The van der Waals surface area contributed by atoms with Crippen molar-refractivity contribution < 1.29 is 14.3 Å². The molecule has 0 aromatic heterocycles. The highest BCUT2D eigenvalue weighted by Crippen LogP contribution is 2.33. The minimum absolute atomic E-state index is 0.204. The molecule has 1 atom stereocenters. The number of carbonyl (C=O) groups excluding carboxylic acids is 1. The van der Waals surface area contributed by atoms with E-state index in [1.807, 2.05) is 25.7 Å². The number of rotatable bonds is 2. The predicted molar refractivity (Wildman–Crippen MR) is 99.3 cm³/mol. The summed E-state index contributed by atoms with van der Waals surface area (Å²) >= 11 is 0. The number of amides is 1. The van der Waals surface area contributed by atoms with Crippen LogP contribution in [-0.4, -0.2) is 35.8 Å². The predicted octanol–water partition coefficient (Wildman–Crippen LogP) is 4.52. The lowest BCUT2D eigenvalue weighted by Gasteiger charge is -2.27. The van der Waals surface area contributed by atoms with Crippen molar-refractivity contribution in [3.05, 3.63) is 28.8 Å². The van der Waals surface area contributed by atoms with Gasteiger partial charge in [-0.25, -0.2) is 4.79 Å². The Morgan fingerprint density at radius 2 is 1.84 bits per heavy atom. The van der Waals surface area contributed by atoms with Crippen molar-refractivity contribution in [2.45, 2.75) is 77.9 Å². The van der Waals surface area contributed by atoms with Crippen LogP contribution in [0.2, 0.25) is 0 Å². The van der Waals surface area contributed by atoms with Gasteiger partial charge in [-0.2, -0.15) is 0 Å². The molecule has 0 fully saturated rings. The highest BCUT2D eigenvalue weighted by Gasteiger charge is 2.26. The van der Waals surface area contributed by atoms with Gasteiger partial charge < -0.3 is 14.4 Å². The molecule has 0 spiro atoms. The second-order valence-electron chi connectivity index (χ2n) is 8.26. The maximum absolute atomic E-state index is 12.4. The summed E-state index contributed by atoms with van der Waals surface area (Å²) in [6, 6.07) is 4.54. The van der Waals surface area contributed by atoms with Crippen LogP contribution in [0, 0.1) is 0 Å². The third-order valence-corrected chi connectivity index (χ3v) is 4.98.